The summed E-state index contributed by atoms with van der Waals surface area (Å²) in [5.74, 6) is 2.31. The van der Waals surface area contributed by atoms with Crippen LogP contribution in [0.2, 0.25) is 0 Å². The summed E-state index contributed by atoms with van der Waals surface area (Å²) in [4.78, 5) is 0. The van der Waals surface area contributed by atoms with E-state index in [1.165, 1.54) is 12.8 Å². The predicted octanol–water partition coefficient (Wildman–Crippen LogP) is 1.13. The Hall–Kier alpha value is 0.180. The van der Waals surface area contributed by atoms with Gasteiger partial charge in [-0.2, -0.15) is 28.8 Å². The van der Waals surface area contributed by atoms with Gasteiger partial charge < -0.3 is 5.32 Å². The number of hydrogen-bond donors (Lipinski definition) is 1. The Morgan fingerprint density at radius 1 is 1.24 bits per heavy atom. The van der Waals surface area contributed by atoms with E-state index in [4.69, 9.17) is 0 Å². The highest BCUT2D eigenvalue weighted by Gasteiger charge is 2.37. The van der Waals surface area contributed by atoms with Crippen molar-refractivity contribution in [2.45, 2.75) is 44.7 Å². The van der Waals surface area contributed by atoms with Gasteiger partial charge in [-0.3, -0.25) is 0 Å². The summed E-state index contributed by atoms with van der Waals surface area (Å²) in [5.41, 5.74) is 0. The van der Waals surface area contributed by atoms with E-state index in [2.05, 4.69) is 5.32 Å². The summed E-state index contributed by atoms with van der Waals surface area (Å²) in [7, 11) is -3.26. The van der Waals surface area contributed by atoms with Gasteiger partial charge in [-0.25, -0.2) is 0 Å². The third-order valence-corrected chi connectivity index (χ3v) is 7.99. The van der Waals surface area contributed by atoms with Gasteiger partial charge in [-0.15, -0.1) is 0 Å². The first-order valence-electron chi connectivity index (χ1n) is 8.15. The van der Waals surface area contributed by atoms with Crippen LogP contribution in [0.1, 0.15) is 32.6 Å². The van der Waals surface area contributed by atoms with Crippen molar-refractivity contribution in [2.75, 3.05) is 37.7 Å². The molecule has 2 saturated heterocycles. The van der Waals surface area contributed by atoms with E-state index < -0.39 is 10.2 Å². The second kappa shape index (κ2) is 6.74. The monoisotopic (exact) mass is 333 g/mol. The molecular weight excluding hydrogens is 306 g/mol. The average molecular weight is 334 g/mol. The van der Waals surface area contributed by atoms with E-state index in [1.807, 2.05) is 18.7 Å². The minimum absolute atomic E-state index is 0.124. The second-order valence-corrected chi connectivity index (χ2v) is 9.62. The van der Waals surface area contributed by atoms with Crippen LogP contribution in [0, 0.1) is 5.92 Å². The smallest absolute Gasteiger partial charge is 0.282 e. The van der Waals surface area contributed by atoms with Crippen LogP contribution in [0.3, 0.4) is 0 Å². The first-order chi connectivity index (χ1) is 10.1. The largest absolute Gasteiger partial charge is 0.314 e. The predicted molar refractivity (Wildman–Crippen MR) is 87.7 cm³/mol. The van der Waals surface area contributed by atoms with E-state index in [0.717, 1.165) is 30.9 Å². The van der Waals surface area contributed by atoms with Gasteiger partial charge in [-0.1, -0.05) is 0 Å². The summed E-state index contributed by atoms with van der Waals surface area (Å²) in [6, 6.07) is 0.829. The summed E-state index contributed by atoms with van der Waals surface area (Å²) in [6.07, 6.45) is 4.72. The van der Waals surface area contributed by atoms with Crippen molar-refractivity contribution in [3.05, 3.63) is 0 Å². The highest BCUT2D eigenvalue weighted by atomic mass is 32.2. The first kappa shape index (κ1) is 16.1. The molecule has 122 valence electrons. The highest BCUT2D eigenvalue weighted by Crippen LogP contribution is 2.26. The van der Waals surface area contributed by atoms with Crippen molar-refractivity contribution in [1.82, 2.24) is 13.9 Å². The van der Waals surface area contributed by atoms with Gasteiger partial charge >= 0.3 is 0 Å². The molecule has 0 aromatic heterocycles. The molecule has 0 amide bonds. The van der Waals surface area contributed by atoms with Gasteiger partial charge in [0.15, 0.2) is 0 Å². The molecule has 2 aliphatic heterocycles. The molecule has 0 aromatic rings. The van der Waals surface area contributed by atoms with Gasteiger partial charge in [-0.05, 0) is 45.1 Å². The Labute approximate surface area is 133 Å². The molecule has 0 spiro atoms. The lowest BCUT2D eigenvalue weighted by Gasteiger charge is -2.39. The van der Waals surface area contributed by atoms with Crippen molar-refractivity contribution in [3.63, 3.8) is 0 Å². The van der Waals surface area contributed by atoms with Crippen molar-refractivity contribution in [3.8, 4) is 0 Å². The Morgan fingerprint density at radius 3 is 2.76 bits per heavy atom. The van der Waals surface area contributed by atoms with Gasteiger partial charge in [0.2, 0.25) is 0 Å². The molecule has 21 heavy (non-hydrogen) atoms. The number of hydrogen-bond acceptors (Lipinski definition) is 4. The molecule has 1 saturated carbocycles. The summed E-state index contributed by atoms with van der Waals surface area (Å²) in [6.45, 7) is 5.05. The molecular formula is C14H27N3O2S2. The van der Waals surface area contributed by atoms with Crippen LogP contribution in [0.5, 0.6) is 0 Å². The van der Waals surface area contributed by atoms with Crippen molar-refractivity contribution < 1.29 is 8.42 Å². The number of rotatable bonds is 5. The molecule has 3 fully saturated rings. The summed E-state index contributed by atoms with van der Waals surface area (Å²) < 4.78 is 29.2. The first-order valence-corrected chi connectivity index (χ1v) is 10.7. The van der Waals surface area contributed by atoms with Crippen molar-refractivity contribution in [1.29, 1.82) is 0 Å². The Morgan fingerprint density at radius 2 is 2.05 bits per heavy atom. The lowest BCUT2D eigenvalue weighted by molar-refractivity contribution is 0.235. The lowest BCUT2D eigenvalue weighted by atomic mass is 10.00. The van der Waals surface area contributed by atoms with Crippen LogP contribution >= 0.6 is 11.8 Å². The summed E-state index contributed by atoms with van der Waals surface area (Å²) in [5, 5.41) is 3.55. The van der Waals surface area contributed by atoms with Gasteiger partial charge in [0.1, 0.15) is 0 Å². The van der Waals surface area contributed by atoms with E-state index in [-0.39, 0.29) is 6.04 Å². The standard InChI is InChI=1S/C14H27N3O2S2/c1-12-11-20-8-7-17(12)21(18,19)16-6-2-3-13(10-16)9-15-14-4-5-14/h12-15H,2-11H2,1H3. The molecule has 0 bridgehead atoms. The second-order valence-electron chi connectivity index (χ2n) is 6.59. The van der Waals surface area contributed by atoms with Crippen LogP contribution in [0.4, 0.5) is 0 Å². The average Bonchev–Trinajstić information content (AvgIpc) is 3.30. The number of nitrogens with one attached hydrogen (secondary N) is 1. The van der Waals surface area contributed by atoms with Gasteiger partial charge in [0, 0.05) is 43.2 Å². The van der Waals surface area contributed by atoms with Crippen LogP contribution < -0.4 is 5.32 Å². The highest BCUT2D eigenvalue weighted by molar-refractivity contribution is 7.99. The van der Waals surface area contributed by atoms with Crippen LogP contribution in [0.15, 0.2) is 0 Å². The molecule has 1 N–H and O–H groups in total. The topological polar surface area (TPSA) is 52.7 Å². The van der Waals surface area contributed by atoms with E-state index in [0.29, 0.717) is 31.6 Å². The molecule has 1 aliphatic carbocycles. The van der Waals surface area contributed by atoms with E-state index in [1.54, 1.807) is 8.61 Å². The molecule has 3 aliphatic rings. The van der Waals surface area contributed by atoms with E-state index >= 15 is 0 Å². The summed E-state index contributed by atoms with van der Waals surface area (Å²) >= 11 is 1.85. The lowest BCUT2D eigenvalue weighted by Crippen LogP contribution is -2.54. The zero-order chi connectivity index (χ0) is 14.9. The quantitative estimate of drug-likeness (QED) is 0.819. The molecule has 0 radical (unpaired) electrons. The molecule has 3 rings (SSSR count). The minimum atomic E-state index is -3.26. The normalized spacial score (nSPS) is 33.2. The minimum Gasteiger partial charge on any atom is -0.314 e. The van der Waals surface area contributed by atoms with Crippen LogP contribution in [0.25, 0.3) is 0 Å². The Balaban J connectivity index is 1.60. The number of nitrogens with zero attached hydrogens (tertiary/aromatic N) is 2. The van der Waals surface area contributed by atoms with Gasteiger partial charge in [0.25, 0.3) is 10.2 Å². The molecule has 7 heteroatoms. The maximum Gasteiger partial charge on any atom is 0.282 e. The maximum absolute atomic E-state index is 12.9. The third kappa shape index (κ3) is 3.93. The fraction of sp³-hybridized carbons (Fsp3) is 1.00. The van der Waals surface area contributed by atoms with Crippen molar-refractivity contribution >= 4 is 22.0 Å². The maximum atomic E-state index is 12.9. The zero-order valence-corrected chi connectivity index (χ0v) is 14.5. The molecule has 2 unspecified atom stereocenters. The fourth-order valence-electron chi connectivity index (χ4n) is 3.23. The third-order valence-electron chi connectivity index (χ3n) is 4.68. The van der Waals surface area contributed by atoms with E-state index in [9.17, 15) is 8.42 Å². The fourth-order valence-corrected chi connectivity index (χ4v) is 6.36. The van der Waals surface area contributed by atoms with Crippen LogP contribution in [-0.2, 0) is 10.2 Å². The zero-order valence-electron chi connectivity index (χ0n) is 12.8. The van der Waals surface area contributed by atoms with Crippen molar-refractivity contribution in [2.24, 2.45) is 5.92 Å². The number of thioether (sulfide) groups is 1. The number of piperidine rings is 1. The Kier molecular flexibility index (Phi) is 5.15. The molecule has 0 aromatic carbocycles. The SMILES string of the molecule is CC1CSCCN1S(=O)(=O)N1CCCC(CNC2CC2)C1. The molecule has 2 heterocycles. The van der Waals surface area contributed by atoms with Gasteiger partial charge in [0.05, 0.1) is 0 Å². The molecule has 2 atom stereocenters. The Bertz CT molecular complexity index is 453. The van der Waals surface area contributed by atoms with Crippen LogP contribution in [-0.4, -0.2) is 66.8 Å². The molecule has 5 nitrogen and oxygen atoms in total.